The van der Waals surface area contributed by atoms with Crippen molar-refractivity contribution in [3.8, 4) is 0 Å². The summed E-state index contributed by atoms with van der Waals surface area (Å²) in [5.41, 5.74) is 5.38. The van der Waals surface area contributed by atoms with E-state index in [4.69, 9.17) is 5.73 Å². The van der Waals surface area contributed by atoms with E-state index in [-0.39, 0.29) is 11.4 Å². The largest absolute Gasteiger partial charge is 0.345 e. The lowest BCUT2D eigenvalue weighted by atomic mass is 9.93. The van der Waals surface area contributed by atoms with Crippen LogP contribution in [0.3, 0.4) is 0 Å². The third-order valence-electron chi connectivity index (χ3n) is 2.71. The Bertz CT molecular complexity index is 300. The molecular formula is C9H16N4OS. The van der Waals surface area contributed by atoms with Gasteiger partial charge in [-0.3, -0.25) is 4.79 Å². The van der Waals surface area contributed by atoms with E-state index in [1.165, 1.54) is 6.20 Å². The van der Waals surface area contributed by atoms with Gasteiger partial charge in [-0.1, -0.05) is 18.3 Å². The van der Waals surface area contributed by atoms with Gasteiger partial charge < -0.3 is 11.1 Å². The number of carbonyl (C=O) groups is 1. The highest BCUT2D eigenvalue weighted by atomic mass is 32.1. The second-order valence-electron chi connectivity index (χ2n) is 3.43. The number of hydrogen-bond acceptors (Lipinski definition) is 5. The van der Waals surface area contributed by atoms with Gasteiger partial charge in [0.15, 0.2) is 0 Å². The van der Waals surface area contributed by atoms with Crippen molar-refractivity contribution in [2.24, 2.45) is 5.73 Å². The first-order chi connectivity index (χ1) is 7.17. The smallest absolute Gasteiger partial charge is 0.265 e. The van der Waals surface area contributed by atoms with Crippen LogP contribution in [0.2, 0.25) is 0 Å². The zero-order chi connectivity index (χ0) is 11.3. The summed E-state index contributed by atoms with van der Waals surface area (Å²) in [6.07, 6.45) is 3.10. The fraction of sp³-hybridized carbons (Fsp3) is 0.667. The molecule has 0 aliphatic heterocycles. The van der Waals surface area contributed by atoms with Crippen molar-refractivity contribution in [2.45, 2.75) is 32.2 Å². The summed E-state index contributed by atoms with van der Waals surface area (Å²) in [6, 6.07) is 0. The Morgan fingerprint density at radius 1 is 1.60 bits per heavy atom. The van der Waals surface area contributed by atoms with Gasteiger partial charge in [0.1, 0.15) is 4.88 Å². The molecule has 0 fully saturated rings. The third kappa shape index (κ3) is 2.73. The molecule has 1 aromatic rings. The lowest BCUT2D eigenvalue weighted by Crippen LogP contribution is -2.52. The van der Waals surface area contributed by atoms with Gasteiger partial charge in [0.05, 0.1) is 11.7 Å². The van der Waals surface area contributed by atoms with Crippen molar-refractivity contribution in [2.75, 3.05) is 6.54 Å². The van der Waals surface area contributed by atoms with Crippen molar-refractivity contribution in [3.63, 3.8) is 0 Å². The number of carbonyl (C=O) groups excluding carboxylic acids is 1. The number of nitrogens with two attached hydrogens (primary N) is 1. The molecule has 0 saturated carbocycles. The van der Waals surface area contributed by atoms with Gasteiger partial charge in [-0.05, 0) is 24.4 Å². The molecule has 5 nitrogen and oxygen atoms in total. The molecule has 0 bridgehead atoms. The fourth-order valence-corrected chi connectivity index (χ4v) is 1.75. The van der Waals surface area contributed by atoms with E-state index in [0.29, 0.717) is 11.4 Å². The van der Waals surface area contributed by atoms with Crippen LogP contribution in [0.25, 0.3) is 0 Å². The highest BCUT2D eigenvalue weighted by Crippen LogP contribution is 2.14. The van der Waals surface area contributed by atoms with Crippen LogP contribution in [0.15, 0.2) is 6.20 Å². The van der Waals surface area contributed by atoms with Crippen molar-refractivity contribution >= 4 is 17.4 Å². The molecule has 0 aromatic carbocycles. The lowest BCUT2D eigenvalue weighted by molar-refractivity contribution is 0.0899. The topological polar surface area (TPSA) is 80.9 Å². The predicted octanol–water partition coefficient (Wildman–Crippen LogP) is 0.785. The van der Waals surface area contributed by atoms with E-state index in [2.05, 4.69) is 14.9 Å². The maximum absolute atomic E-state index is 11.8. The van der Waals surface area contributed by atoms with Crippen LogP contribution in [-0.2, 0) is 0 Å². The minimum absolute atomic E-state index is 0.140. The minimum Gasteiger partial charge on any atom is -0.345 e. The first kappa shape index (κ1) is 12.1. The van der Waals surface area contributed by atoms with Crippen LogP contribution in [0.1, 0.15) is 36.4 Å². The van der Waals surface area contributed by atoms with Crippen LogP contribution in [0.5, 0.6) is 0 Å². The number of nitrogens with zero attached hydrogens (tertiary/aromatic N) is 2. The molecule has 1 heterocycles. The Kier molecular flexibility index (Phi) is 4.16. The van der Waals surface area contributed by atoms with Crippen LogP contribution >= 0.6 is 11.5 Å². The molecule has 0 unspecified atom stereocenters. The van der Waals surface area contributed by atoms with E-state index in [1.54, 1.807) is 0 Å². The van der Waals surface area contributed by atoms with Gasteiger partial charge in [-0.2, -0.15) is 0 Å². The highest BCUT2D eigenvalue weighted by molar-refractivity contribution is 7.07. The number of nitrogens with one attached hydrogen (secondary N) is 1. The van der Waals surface area contributed by atoms with Gasteiger partial charge in [-0.25, -0.2) is 0 Å². The van der Waals surface area contributed by atoms with Gasteiger partial charge in [0.2, 0.25) is 0 Å². The summed E-state index contributed by atoms with van der Waals surface area (Å²) in [5, 5.41) is 6.58. The Labute approximate surface area is 93.2 Å². The van der Waals surface area contributed by atoms with Crippen LogP contribution < -0.4 is 11.1 Å². The molecule has 1 rings (SSSR count). The second-order valence-corrected chi connectivity index (χ2v) is 4.21. The third-order valence-corrected chi connectivity index (χ3v) is 3.37. The number of aromatic nitrogens is 2. The van der Waals surface area contributed by atoms with E-state index in [9.17, 15) is 4.79 Å². The van der Waals surface area contributed by atoms with Gasteiger partial charge >= 0.3 is 0 Å². The molecule has 3 N–H and O–H groups in total. The number of amides is 1. The molecule has 0 aliphatic carbocycles. The monoisotopic (exact) mass is 228 g/mol. The molecule has 0 aliphatic rings. The Morgan fingerprint density at radius 3 is 2.67 bits per heavy atom. The summed E-state index contributed by atoms with van der Waals surface area (Å²) in [4.78, 5) is 12.3. The quantitative estimate of drug-likeness (QED) is 0.780. The lowest BCUT2D eigenvalue weighted by Gasteiger charge is -2.31. The SMILES string of the molecule is CCC(CC)(CN)NC(=O)c1cnns1. The average molecular weight is 228 g/mol. The van der Waals surface area contributed by atoms with Crippen molar-refractivity contribution in [3.05, 3.63) is 11.1 Å². The molecule has 0 spiro atoms. The van der Waals surface area contributed by atoms with E-state index in [1.807, 2.05) is 13.8 Å². The normalized spacial score (nSPS) is 11.4. The predicted molar refractivity (Wildman–Crippen MR) is 59.7 cm³/mol. The molecule has 1 amide bonds. The number of hydrogen-bond donors (Lipinski definition) is 2. The van der Waals surface area contributed by atoms with Crippen molar-refractivity contribution in [1.82, 2.24) is 14.9 Å². The first-order valence-electron chi connectivity index (χ1n) is 4.97. The summed E-state index contributed by atoms with van der Waals surface area (Å²) >= 11 is 1.09. The average Bonchev–Trinajstić information content (AvgIpc) is 2.79. The molecular weight excluding hydrogens is 212 g/mol. The molecule has 15 heavy (non-hydrogen) atoms. The first-order valence-corrected chi connectivity index (χ1v) is 5.74. The maximum atomic E-state index is 11.8. The minimum atomic E-state index is -0.304. The molecule has 0 atom stereocenters. The maximum Gasteiger partial charge on any atom is 0.265 e. The Morgan fingerprint density at radius 2 is 2.27 bits per heavy atom. The summed E-state index contributed by atoms with van der Waals surface area (Å²) in [6.45, 7) is 4.47. The zero-order valence-corrected chi connectivity index (χ0v) is 9.80. The fourth-order valence-electron chi connectivity index (χ4n) is 1.34. The van der Waals surface area contributed by atoms with E-state index >= 15 is 0 Å². The van der Waals surface area contributed by atoms with Gasteiger partial charge in [-0.15, -0.1) is 5.10 Å². The van der Waals surface area contributed by atoms with Gasteiger partial charge in [0.25, 0.3) is 5.91 Å². The highest BCUT2D eigenvalue weighted by Gasteiger charge is 2.27. The Balaban J connectivity index is 2.71. The summed E-state index contributed by atoms with van der Waals surface area (Å²) < 4.78 is 3.65. The summed E-state index contributed by atoms with van der Waals surface area (Å²) in [5.74, 6) is -0.140. The molecule has 84 valence electrons. The van der Waals surface area contributed by atoms with Crippen LogP contribution in [0.4, 0.5) is 0 Å². The molecule has 1 aromatic heterocycles. The van der Waals surface area contributed by atoms with Crippen molar-refractivity contribution < 1.29 is 4.79 Å². The molecule has 0 saturated heterocycles. The standard InChI is InChI=1S/C9H16N4OS/c1-3-9(4-2,6-10)12-8(14)7-5-11-13-15-7/h5H,3-4,6,10H2,1-2H3,(H,12,14). The van der Waals surface area contributed by atoms with Gasteiger partial charge in [0, 0.05) is 6.54 Å². The van der Waals surface area contributed by atoms with E-state index < -0.39 is 0 Å². The molecule has 6 heteroatoms. The Hall–Kier alpha value is -1.01. The van der Waals surface area contributed by atoms with Crippen LogP contribution in [-0.4, -0.2) is 27.6 Å². The zero-order valence-electron chi connectivity index (χ0n) is 8.99. The molecule has 0 radical (unpaired) electrons. The van der Waals surface area contributed by atoms with Crippen molar-refractivity contribution in [1.29, 1.82) is 0 Å². The van der Waals surface area contributed by atoms with E-state index in [0.717, 1.165) is 24.4 Å². The summed E-state index contributed by atoms with van der Waals surface area (Å²) in [7, 11) is 0. The number of rotatable bonds is 5. The second kappa shape index (κ2) is 5.18. The van der Waals surface area contributed by atoms with Crippen LogP contribution in [0, 0.1) is 0 Å².